The van der Waals surface area contributed by atoms with E-state index in [1.807, 2.05) is 25.7 Å². The van der Waals surface area contributed by atoms with E-state index >= 15 is 0 Å². The molecular weight excluding hydrogens is 316 g/mol. The zero-order valence-corrected chi connectivity index (χ0v) is 15.0. The van der Waals surface area contributed by atoms with Crippen molar-refractivity contribution >= 4 is 23.6 Å². The van der Waals surface area contributed by atoms with Crippen LogP contribution in [0.15, 0.2) is 10.6 Å². The van der Waals surface area contributed by atoms with Crippen LogP contribution < -0.4 is 5.32 Å². The molecule has 0 aromatic carbocycles. The van der Waals surface area contributed by atoms with Crippen LogP contribution in [-0.2, 0) is 9.53 Å². The molecule has 1 aliphatic carbocycles. The number of likely N-dealkylation sites (tertiary alicyclic amines) is 1. The summed E-state index contributed by atoms with van der Waals surface area (Å²) in [6.45, 7) is 6.74. The van der Waals surface area contributed by atoms with E-state index in [4.69, 9.17) is 16.3 Å². The van der Waals surface area contributed by atoms with Crippen molar-refractivity contribution in [1.29, 1.82) is 0 Å². The van der Waals surface area contributed by atoms with Crippen molar-refractivity contribution in [2.24, 2.45) is 0 Å². The Labute approximate surface area is 143 Å². The third kappa shape index (κ3) is 5.41. The first-order valence-corrected chi connectivity index (χ1v) is 8.80. The van der Waals surface area contributed by atoms with Crippen LogP contribution in [-0.4, -0.2) is 41.6 Å². The minimum Gasteiger partial charge on any atom is -0.444 e. The quantitative estimate of drug-likeness (QED) is 0.834. The Hall–Kier alpha value is -1.23. The Kier molecular flexibility index (Phi) is 5.95. The largest absolute Gasteiger partial charge is 0.444 e. The first-order valence-electron chi connectivity index (χ1n) is 8.42. The molecule has 0 saturated carbocycles. The van der Waals surface area contributed by atoms with E-state index in [9.17, 15) is 9.59 Å². The number of hydrogen-bond acceptors (Lipinski definition) is 3. The SMILES string of the molecule is CC(C)(C)OC(=O)N[C@H]1CCCN(C(=O)C2=C(Cl)CCCC2)C1. The fraction of sp³-hybridized carbons (Fsp3) is 0.765. The molecule has 1 heterocycles. The summed E-state index contributed by atoms with van der Waals surface area (Å²) in [5, 5.41) is 3.58. The van der Waals surface area contributed by atoms with Gasteiger partial charge in [-0.2, -0.15) is 0 Å². The number of alkyl carbamates (subject to hydrolysis) is 1. The highest BCUT2D eigenvalue weighted by atomic mass is 35.5. The third-order valence-corrected chi connectivity index (χ3v) is 4.51. The number of carbonyl (C=O) groups excluding carboxylic acids is 2. The summed E-state index contributed by atoms with van der Waals surface area (Å²) in [5.74, 6) is 0.0328. The molecule has 1 saturated heterocycles. The van der Waals surface area contributed by atoms with Gasteiger partial charge in [0.2, 0.25) is 0 Å². The summed E-state index contributed by atoms with van der Waals surface area (Å²) in [4.78, 5) is 26.4. The zero-order chi connectivity index (χ0) is 17.0. The second-order valence-electron chi connectivity index (χ2n) is 7.33. The predicted molar refractivity (Wildman–Crippen MR) is 90.3 cm³/mol. The molecule has 0 aromatic rings. The first-order chi connectivity index (χ1) is 10.8. The van der Waals surface area contributed by atoms with Crippen LogP contribution in [0.25, 0.3) is 0 Å². The molecule has 130 valence electrons. The number of amides is 2. The van der Waals surface area contributed by atoms with E-state index in [1.165, 1.54) is 0 Å². The summed E-state index contributed by atoms with van der Waals surface area (Å²) >= 11 is 6.23. The minimum absolute atomic E-state index is 0.0328. The van der Waals surface area contributed by atoms with Crippen LogP contribution in [0, 0.1) is 0 Å². The van der Waals surface area contributed by atoms with Crippen molar-refractivity contribution in [2.45, 2.75) is 70.9 Å². The molecule has 0 unspecified atom stereocenters. The van der Waals surface area contributed by atoms with Crippen LogP contribution in [0.1, 0.15) is 59.3 Å². The van der Waals surface area contributed by atoms with Crippen molar-refractivity contribution in [2.75, 3.05) is 13.1 Å². The molecule has 0 radical (unpaired) electrons. The predicted octanol–water partition coefficient (Wildman–Crippen LogP) is 3.57. The van der Waals surface area contributed by atoms with Gasteiger partial charge in [0.05, 0.1) is 0 Å². The van der Waals surface area contributed by atoms with Gasteiger partial charge in [-0.3, -0.25) is 4.79 Å². The first kappa shape index (κ1) is 18.1. The van der Waals surface area contributed by atoms with Gasteiger partial charge < -0.3 is 15.0 Å². The van der Waals surface area contributed by atoms with Crippen molar-refractivity contribution in [1.82, 2.24) is 10.2 Å². The smallest absolute Gasteiger partial charge is 0.407 e. The Morgan fingerprint density at radius 1 is 1.22 bits per heavy atom. The number of carbonyl (C=O) groups is 2. The van der Waals surface area contributed by atoms with Gasteiger partial charge in [0, 0.05) is 29.7 Å². The number of halogens is 1. The van der Waals surface area contributed by atoms with Gasteiger partial charge in [-0.05, 0) is 59.3 Å². The van der Waals surface area contributed by atoms with Gasteiger partial charge in [-0.25, -0.2) is 4.79 Å². The van der Waals surface area contributed by atoms with Crippen LogP contribution in [0.4, 0.5) is 4.79 Å². The second kappa shape index (κ2) is 7.56. The van der Waals surface area contributed by atoms with E-state index in [2.05, 4.69) is 5.32 Å². The number of allylic oxidation sites excluding steroid dienone is 1. The van der Waals surface area contributed by atoms with Gasteiger partial charge >= 0.3 is 6.09 Å². The lowest BCUT2D eigenvalue weighted by Crippen LogP contribution is -2.50. The van der Waals surface area contributed by atoms with Crippen molar-refractivity contribution in [3.8, 4) is 0 Å². The lowest BCUT2D eigenvalue weighted by molar-refractivity contribution is -0.128. The topological polar surface area (TPSA) is 58.6 Å². The molecule has 1 N–H and O–H groups in total. The fourth-order valence-corrected chi connectivity index (χ4v) is 3.34. The normalized spacial score (nSPS) is 22.8. The van der Waals surface area contributed by atoms with E-state index in [1.54, 1.807) is 0 Å². The number of piperidine rings is 1. The minimum atomic E-state index is -0.519. The summed E-state index contributed by atoms with van der Waals surface area (Å²) in [6.07, 6.45) is 4.94. The Bertz CT molecular complexity index is 497. The van der Waals surface area contributed by atoms with Gasteiger partial charge in [0.15, 0.2) is 0 Å². The average molecular weight is 343 g/mol. The molecular formula is C17H27ClN2O3. The van der Waals surface area contributed by atoms with Gasteiger partial charge in [-0.1, -0.05) is 11.6 Å². The monoisotopic (exact) mass is 342 g/mol. The molecule has 1 fully saturated rings. The third-order valence-electron chi connectivity index (χ3n) is 4.09. The molecule has 2 amide bonds. The highest BCUT2D eigenvalue weighted by Crippen LogP contribution is 2.29. The standard InChI is InChI=1S/C17H27ClN2O3/c1-17(2,3)23-16(22)19-12-7-6-10-20(11-12)15(21)13-8-4-5-9-14(13)18/h12H,4-11H2,1-3H3,(H,19,22)/t12-/m0/s1. The summed E-state index contributed by atoms with van der Waals surface area (Å²) in [6, 6.07) is -0.0643. The molecule has 23 heavy (non-hydrogen) atoms. The lowest BCUT2D eigenvalue weighted by atomic mass is 9.97. The van der Waals surface area contributed by atoms with E-state index < -0.39 is 11.7 Å². The highest BCUT2D eigenvalue weighted by molar-refractivity contribution is 6.32. The van der Waals surface area contributed by atoms with Crippen molar-refractivity contribution in [3.05, 3.63) is 10.6 Å². The van der Waals surface area contributed by atoms with E-state index in [0.29, 0.717) is 11.6 Å². The Morgan fingerprint density at radius 3 is 2.57 bits per heavy atom. The zero-order valence-electron chi connectivity index (χ0n) is 14.3. The number of nitrogens with one attached hydrogen (secondary N) is 1. The summed E-state index contributed by atoms with van der Waals surface area (Å²) in [5.41, 5.74) is 0.241. The maximum absolute atomic E-state index is 12.7. The maximum atomic E-state index is 12.7. The molecule has 0 aromatic heterocycles. The Balaban J connectivity index is 1.93. The number of rotatable bonds is 2. The summed E-state index contributed by atoms with van der Waals surface area (Å²) < 4.78 is 5.29. The molecule has 2 rings (SSSR count). The maximum Gasteiger partial charge on any atom is 0.407 e. The lowest BCUT2D eigenvalue weighted by Gasteiger charge is -2.34. The molecule has 1 aliphatic heterocycles. The van der Waals surface area contributed by atoms with Crippen LogP contribution in [0.5, 0.6) is 0 Å². The van der Waals surface area contributed by atoms with Crippen molar-refractivity contribution < 1.29 is 14.3 Å². The van der Waals surface area contributed by atoms with Crippen molar-refractivity contribution in [3.63, 3.8) is 0 Å². The Morgan fingerprint density at radius 2 is 1.91 bits per heavy atom. The molecule has 0 spiro atoms. The van der Waals surface area contributed by atoms with Gasteiger partial charge in [-0.15, -0.1) is 0 Å². The average Bonchev–Trinajstić information content (AvgIpc) is 2.45. The van der Waals surface area contributed by atoms with Crippen LogP contribution in [0.2, 0.25) is 0 Å². The van der Waals surface area contributed by atoms with Gasteiger partial charge in [0.1, 0.15) is 5.60 Å². The molecule has 5 nitrogen and oxygen atoms in total. The van der Waals surface area contributed by atoms with Crippen LogP contribution in [0.3, 0.4) is 0 Å². The van der Waals surface area contributed by atoms with E-state index in [0.717, 1.165) is 50.6 Å². The second-order valence-corrected chi connectivity index (χ2v) is 7.78. The number of nitrogens with zero attached hydrogens (tertiary/aromatic N) is 1. The molecule has 1 atom stereocenters. The molecule has 6 heteroatoms. The fourth-order valence-electron chi connectivity index (χ4n) is 3.04. The molecule has 2 aliphatic rings. The summed E-state index contributed by atoms with van der Waals surface area (Å²) in [7, 11) is 0. The van der Waals surface area contributed by atoms with Crippen LogP contribution >= 0.6 is 11.6 Å². The number of ether oxygens (including phenoxy) is 1. The van der Waals surface area contributed by atoms with E-state index in [-0.39, 0.29) is 11.9 Å². The highest BCUT2D eigenvalue weighted by Gasteiger charge is 2.29. The van der Waals surface area contributed by atoms with Gasteiger partial charge in [0.25, 0.3) is 5.91 Å². The number of hydrogen-bond donors (Lipinski definition) is 1. The molecule has 0 bridgehead atoms.